The lowest BCUT2D eigenvalue weighted by Gasteiger charge is -2.11. The zero-order chi connectivity index (χ0) is 14.8. The second-order valence-corrected chi connectivity index (χ2v) is 7.28. The van der Waals surface area contributed by atoms with E-state index in [2.05, 4.69) is 20.5 Å². The molecule has 2 fully saturated rings. The lowest BCUT2D eigenvalue weighted by molar-refractivity contribution is 0.532. The molecular formula is C15H15N5OS. The van der Waals surface area contributed by atoms with Gasteiger partial charge < -0.3 is 10.3 Å². The van der Waals surface area contributed by atoms with Gasteiger partial charge in [0, 0.05) is 16.1 Å². The number of hydrogen-bond donors (Lipinski definition) is 3. The molecule has 3 aromatic heterocycles. The van der Waals surface area contributed by atoms with E-state index in [1.54, 1.807) is 6.20 Å². The molecule has 22 heavy (non-hydrogen) atoms. The van der Waals surface area contributed by atoms with Crippen molar-refractivity contribution in [1.29, 1.82) is 0 Å². The topological polar surface area (TPSA) is 86.5 Å². The number of aromatic amines is 2. The van der Waals surface area contributed by atoms with Gasteiger partial charge in [0.2, 0.25) is 0 Å². The predicted molar refractivity (Wildman–Crippen MR) is 84.9 cm³/mol. The molecule has 4 heterocycles. The molecule has 0 aromatic carbocycles. The van der Waals surface area contributed by atoms with Gasteiger partial charge in [-0.05, 0) is 37.8 Å². The van der Waals surface area contributed by atoms with Gasteiger partial charge in [-0.1, -0.05) is 0 Å². The van der Waals surface area contributed by atoms with E-state index in [9.17, 15) is 4.79 Å². The normalized spacial score (nSPS) is 26.5. The summed E-state index contributed by atoms with van der Waals surface area (Å²) >= 11 is 1.47. The van der Waals surface area contributed by atoms with Gasteiger partial charge in [-0.15, -0.1) is 11.3 Å². The number of rotatable bonds is 2. The Balaban J connectivity index is 1.64. The quantitative estimate of drug-likeness (QED) is 0.675. The summed E-state index contributed by atoms with van der Waals surface area (Å²) in [5, 5.41) is 10.4. The minimum absolute atomic E-state index is 0.0386. The maximum atomic E-state index is 12.4. The number of piperidine rings is 1. The average molecular weight is 313 g/mol. The number of thiophene rings is 1. The van der Waals surface area contributed by atoms with E-state index in [0.29, 0.717) is 10.6 Å². The molecule has 1 aliphatic heterocycles. The summed E-state index contributed by atoms with van der Waals surface area (Å²) in [5.74, 6) is 2.21. The lowest BCUT2D eigenvalue weighted by Crippen LogP contribution is -2.23. The van der Waals surface area contributed by atoms with Crippen molar-refractivity contribution >= 4 is 21.6 Å². The fourth-order valence-corrected chi connectivity index (χ4v) is 4.54. The van der Waals surface area contributed by atoms with Crippen molar-refractivity contribution in [2.45, 2.75) is 19.4 Å². The Morgan fingerprint density at radius 1 is 1.41 bits per heavy atom. The van der Waals surface area contributed by atoms with Gasteiger partial charge in [0.05, 0.1) is 17.8 Å². The fraction of sp³-hybridized carbons (Fsp3) is 0.400. The number of fused-ring (bicyclic) bond motifs is 2. The van der Waals surface area contributed by atoms with Crippen LogP contribution in [0.1, 0.15) is 24.0 Å². The van der Waals surface area contributed by atoms with Crippen LogP contribution in [0.2, 0.25) is 0 Å². The second-order valence-electron chi connectivity index (χ2n) is 6.23. The SMILES string of the molecule is Cc1[nH]ncc1-c1cc2nc([C@@H]3NC[C@H]4C[C@@H]43)[nH]c(=O)c2s1. The highest BCUT2D eigenvalue weighted by atomic mass is 32.1. The van der Waals surface area contributed by atoms with Crippen LogP contribution in [0.15, 0.2) is 17.1 Å². The summed E-state index contributed by atoms with van der Waals surface area (Å²) in [7, 11) is 0. The van der Waals surface area contributed by atoms with Crippen molar-refractivity contribution in [3.8, 4) is 10.4 Å². The van der Waals surface area contributed by atoms with Crippen LogP contribution < -0.4 is 10.9 Å². The molecule has 1 saturated carbocycles. The van der Waals surface area contributed by atoms with Gasteiger partial charge in [0.25, 0.3) is 5.56 Å². The van der Waals surface area contributed by atoms with Crippen LogP contribution in [0, 0.1) is 18.8 Å². The van der Waals surface area contributed by atoms with Crippen molar-refractivity contribution in [3.05, 3.63) is 34.1 Å². The zero-order valence-electron chi connectivity index (χ0n) is 12.0. The van der Waals surface area contributed by atoms with E-state index in [0.717, 1.165) is 39.9 Å². The smallest absolute Gasteiger partial charge is 0.268 e. The van der Waals surface area contributed by atoms with E-state index in [1.807, 2.05) is 13.0 Å². The van der Waals surface area contributed by atoms with Crippen LogP contribution in [0.5, 0.6) is 0 Å². The summed E-state index contributed by atoms with van der Waals surface area (Å²) in [4.78, 5) is 21.1. The molecule has 0 bridgehead atoms. The first kappa shape index (κ1) is 12.5. The summed E-state index contributed by atoms with van der Waals surface area (Å²) in [6.07, 6.45) is 3.05. The van der Waals surface area contributed by atoms with Crippen molar-refractivity contribution < 1.29 is 0 Å². The second kappa shape index (κ2) is 4.27. The minimum atomic E-state index is -0.0386. The van der Waals surface area contributed by atoms with Gasteiger partial charge in [0.1, 0.15) is 10.5 Å². The maximum Gasteiger partial charge on any atom is 0.268 e. The number of nitrogens with zero attached hydrogens (tertiary/aromatic N) is 2. The van der Waals surface area contributed by atoms with Crippen LogP contribution in [-0.2, 0) is 0 Å². The number of hydrogen-bond acceptors (Lipinski definition) is 5. The molecule has 1 saturated heterocycles. The molecule has 112 valence electrons. The van der Waals surface area contributed by atoms with E-state index in [4.69, 9.17) is 4.98 Å². The average Bonchev–Trinajstić information content (AvgIpc) is 2.89. The molecule has 0 spiro atoms. The van der Waals surface area contributed by atoms with Gasteiger partial charge in [-0.3, -0.25) is 9.89 Å². The summed E-state index contributed by atoms with van der Waals surface area (Å²) in [5.41, 5.74) is 2.78. The first-order valence-electron chi connectivity index (χ1n) is 7.48. The Kier molecular flexibility index (Phi) is 2.43. The van der Waals surface area contributed by atoms with Crippen molar-refractivity contribution in [2.75, 3.05) is 6.54 Å². The van der Waals surface area contributed by atoms with Gasteiger partial charge in [0.15, 0.2) is 0 Å². The van der Waals surface area contributed by atoms with Gasteiger partial charge >= 0.3 is 0 Å². The molecule has 2 aliphatic rings. The largest absolute Gasteiger partial charge is 0.308 e. The Morgan fingerprint density at radius 3 is 3.00 bits per heavy atom. The van der Waals surface area contributed by atoms with E-state index < -0.39 is 0 Å². The van der Waals surface area contributed by atoms with Crippen molar-refractivity contribution in [3.63, 3.8) is 0 Å². The summed E-state index contributed by atoms with van der Waals surface area (Å²) in [6, 6.07) is 2.21. The Bertz CT molecular complexity index is 939. The Hall–Kier alpha value is -1.99. The number of H-pyrrole nitrogens is 2. The van der Waals surface area contributed by atoms with Crippen LogP contribution >= 0.6 is 11.3 Å². The summed E-state index contributed by atoms with van der Waals surface area (Å²) < 4.78 is 0.685. The fourth-order valence-electron chi connectivity index (χ4n) is 3.48. The third kappa shape index (κ3) is 1.72. The highest BCUT2D eigenvalue weighted by Gasteiger charge is 2.49. The van der Waals surface area contributed by atoms with E-state index in [1.165, 1.54) is 17.8 Å². The molecule has 5 rings (SSSR count). The molecule has 1 aliphatic carbocycles. The van der Waals surface area contributed by atoms with Crippen molar-refractivity contribution in [1.82, 2.24) is 25.5 Å². The van der Waals surface area contributed by atoms with Crippen molar-refractivity contribution in [2.24, 2.45) is 11.8 Å². The molecule has 3 atom stereocenters. The molecule has 3 aromatic rings. The van der Waals surface area contributed by atoms with Crippen LogP contribution in [0.25, 0.3) is 20.7 Å². The summed E-state index contributed by atoms with van der Waals surface area (Å²) in [6.45, 7) is 3.02. The Labute approximate surface area is 130 Å². The zero-order valence-corrected chi connectivity index (χ0v) is 12.8. The monoisotopic (exact) mass is 313 g/mol. The highest BCUT2D eigenvalue weighted by Crippen LogP contribution is 2.50. The van der Waals surface area contributed by atoms with E-state index >= 15 is 0 Å². The molecule has 0 unspecified atom stereocenters. The first-order chi connectivity index (χ1) is 10.7. The number of aromatic nitrogens is 4. The number of aryl methyl sites for hydroxylation is 1. The van der Waals surface area contributed by atoms with Crippen LogP contribution in [0.4, 0.5) is 0 Å². The molecule has 0 radical (unpaired) electrons. The molecular weight excluding hydrogens is 298 g/mol. The predicted octanol–water partition coefficient (Wildman–Crippen LogP) is 1.96. The van der Waals surface area contributed by atoms with Gasteiger partial charge in [-0.2, -0.15) is 5.10 Å². The van der Waals surface area contributed by atoms with E-state index in [-0.39, 0.29) is 11.6 Å². The lowest BCUT2D eigenvalue weighted by atomic mass is 10.2. The molecule has 6 nitrogen and oxygen atoms in total. The first-order valence-corrected chi connectivity index (χ1v) is 8.30. The molecule has 3 N–H and O–H groups in total. The number of nitrogens with one attached hydrogen (secondary N) is 3. The van der Waals surface area contributed by atoms with Gasteiger partial charge in [-0.25, -0.2) is 4.98 Å². The highest BCUT2D eigenvalue weighted by molar-refractivity contribution is 7.22. The Morgan fingerprint density at radius 2 is 2.32 bits per heavy atom. The van der Waals surface area contributed by atoms with Crippen LogP contribution in [0.3, 0.4) is 0 Å². The minimum Gasteiger partial charge on any atom is -0.308 e. The molecule has 7 heteroatoms. The third-order valence-electron chi connectivity index (χ3n) is 4.80. The standard InChI is InChI=1S/C15H15N5OS/c1-6-9(5-17-20-6)11-3-10-13(22-11)15(21)19-14(18-10)12-8-2-7(8)4-16-12/h3,5,7-8,12,16H,2,4H2,1H3,(H,17,20)(H,18,19,21)/t7-,8+,12-/m1/s1. The van der Waals surface area contributed by atoms with Crippen LogP contribution in [-0.4, -0.2) is 26.7 Å². The maximum absolute atomic E-state index is 12.4. The molecule has 0 amide bonds. The third-order valence-corrected chi connectivity index (χ3v) is 5.95.